The number of pyridine rings is 2. The summed E-state index contributed by atoms with van der Waals surface area (Å²) in [6.07, 6.45) is 3.18. The van der Waals surface area contributed by atoms with E-state index in [0.717, 1.165) is 0 Å². The second kappa shape index (κ2) is 5.28. The maximum atomic E-state index is 13.4. The molecule has 2 heterocycles. The molecule has 1 N–H and O–H groups in total. The highest BCUT2D eigenvalue weighted by Gasteiger charge is 2.13. The van der Waals surface area contributed by atoms with Crippen LogP contribution in [0.15, 0.2) is 48.8 Å². The molecule has 0 atom stereocenters. The van der Waals surface area contributed by atoms with Gasteiger partial charge in [0.15, 0.2) is 0 Å². The molecule has 0 bridgehead atoms. The minimum Gasteiger partial charge on any atom is -0.322 e. The van der Waals surface area contributed by atoms with Crippen LogP contribution in [0.2, 0.25) is 0 Å². The van der Waals surface area contributed by atoms with Crippen molar-refractivity contribution in [2.75, 3.05) is 5.32 Å². The topological polar surface area (TPSA) is 54.9 Å². The van der Waals surface area contributed by atoms with Crippen molar-refractivity contribution in [3.8, 4) is 0 Å². The molecule has 0 aliphatic heterocycles. The molecule has 5 heteroatoms. The Balaban J connectivity index is 2.06. The van der Waals surface area contributed by atoms with Gasteiger partial charge in [-0.15, -0.1) is 0 Å². The maximum absolute atomic E-state index is 13.4. The summed E-state index contributed by atoms with van der Waals surface area (Å²) < 4.78 is 13.4. The van der Waals surface area contributed by atoms with Crippen LogP contribution in [0.1, 0.15) is 16.1 Å². The van der Waals surface area contributed by atoms with Crippen molar-refractivity contribution in [2.45, 2.75) is 6.92 Å². The number of aromatic nitrogens is 2. The van der Waals surface area contributed by atoms with Gasteiger partial charge in [0, 0.05) is 29.2 Å². The zero-order chi connectivity index (χ0) is 14.8. The van der Waals surface area contributed by atoms with Crippen molar-refractivity contribution in [3.63, 3.8) is 0 Å². The van der Waals surface area contributed by atoms with E-state index in [2.05, 4.69) is 15.3 Å². The average Bonchev–Trinajstić information content (AvgIpc) is 2.48. The zero-order valence-corrected chi connectivity index (χ0v) is 11.3. The Morgan fingerprint density at radius 2 is 1.90 bits per heavy atom. The van der Waals surface area contributed by atoms with E-state index in [-0.39, 0.29) is 5.91 Å². The smallest absolute Gasteiger partial charge is 0.256 e. The van der Waals surface area contributed by atoms with Crippen LogP contribution >= 0.6 is 0 Å². The lowest BCUT2D eigenvalue weighted by Gasteiger charge is -2.09. The number of rotatable bonds is 2. The van der Waals surface area contributed by atoms with Crippen molar-refractivity contribution in [3.05, 3.63) is 65.9 Å². The summed E-state index contributed by atoms with van der Waals surface area (Å²) in [7, 11) is 0. The van der Waals surface area contributed by atoms with Crippen LogP contribution in [-0.2, 0) is 0 Å². The molecule has 1 amide bonds. The number of carbonyl (C=O) groups is 1. The van der Waals surface area contributed by atoms with Gasteiger partial charge < -0.3 is 5.32 Å². The molecule has 3 aromatic rings. The van der Waals surface area contributed by atoms with Crippen LogP contribution in [0, 0.1) is 12.7 Å². The van der Waals surface area contributed by atoms with E-state index in [1.165, 1.54) is 12.1 Å². The van der Waals surface area contributed by atoms with E-state index in [9.17, 15) is 9.18 Å². The molecule has 2 aromatic heterocycles. The third-order valence-corrected chi connectivity index (χ3v) is 3.08. The number of nitrogens with one attached hydrogen (secondary N) is 1. The van der Waals surface area contributed by atoms with Gasteiger partial charge in [0.2, 0.25) is 0 Å². The summed E-state index contributed by atoms with van der Waals surface area (Å²) in [6.45, 7) is 1.80. The minimum absolute atomic E-state index is 0.303. The second-order valence-corrected chi connectivity index (χ2v) is 4.66. The first kappa shape index (κ1) is 13.2. The highest BCUT2D eigenvalue weighted by Crippen LogP contribution is 2.21. The summed E-state index contributed by atoms with van der Waals surface area (Å²) in [5.74, 6) is -0.701. The van der Waals surface area contributed by atoms with Crippen LogP contribution in [0.5, 0.6) is 0 Å². The predicted molar refractivity (Wildman–Crippen MR) is 78.6 cm³/mol. The standard InChI is InChI=1S/C16H12FN3O/c1-10-8-14(13-9-11(17)2-3-15(13)19-10)16(21)20-12-4-6-18-7-5-12/h2-9H,1H3,(H,18,20,21). The van der Waals surface area contributed by atoms with Crippen LogP contribution in [0.4, 0.5) is 10.1 Å². The van der Waals surface area contributed by atoms with Crippen LogP contribution in [0.25, 0.3) is 10.9 Å². The molecule has 21 heavy (non-hydrogen) atoms. The Hall–Kier alpha value is -2.82. The third kappa shape index (κ3) is 2.72. The number of benzene rings is 1. The van der Waals surface area contributed by atoms with Crippen molar-refractivity contribution >= 4 is 22.5 Å². The highest BCUT2D eigenvalue weighted by atomic mass is 19.1. The van der Waals surface area contributed by atoms with Gasteiger partial charge in [0.1, 0.15) is 5.82 Å². The SMILES string of the molecule is Cc1cc(C(=O)Nc2ccncc2)c2cc(F)ccc2n1. The Morgan fingerprint density at radius 1 is 1.14 bits per heavy atom. The molecule has 0 saturated carbocycles. The quantitative estimate of drug-likeness (QED) is 0.784. The molecule has 4 nitrogen and oxygen atoms in total. The predicted octanol–water partition coefficient (Wildman–Crippen LogP) is 3.33. The van der Waals surface area contributed by atoms with Gasteiger partial charge in [-0.2, -0.15) is 0 Å². The Bertz CT molecular complexity index is 818. The Morgan fingerprint density at radius 3 is 2.67 bits per heavy atom. The summed E-state index contributed by atoms with van der Waals surface area (Å²) in [5, 5.41) is 3.26. The van der Waals surface area contributed by atoms with E-state index >= 15 is 0 Å². The summed E-state index contributed by atoms with van der Waals surface area (Å²) in [5.41, 5.74) is 2.33. The van der Waals surface area contributed by atoms with Crippen LogP contribution in [-0.4, -0.2) is 15.9 Å². The van der Waals surface area contributed by atoms with Crippen LogP contribution in [0.3, 0.4) is 0 Å². The molecular weight excluding hydrogens is 269 g/mol. The first-order chi connectivity index (χ1) is 10.1. The largest absolute Gasteiger partial charge is 0.322 e. The first-order valence-electron chi connectivity index (χ1n) is 6.42. The molecular formula is C16H12FN3O. The van der Waals surface area contributed by atoms with Gasteiger partial charge in [0.25, 0.3) is 5.91 Å². The minimum atomic E-state index is -0.397. The van der Waals surface area contributed by atoms with Crippen molar-refractivity contribution in [1.29, 1.82) is 0 Å². The van der Waals surface area contributed by atoms with E-state index in [0.29, 0.717) is 27.8 Å². The lowest BCUT2D eigenvalue weighted by Crippen LogP contribution is -2.13. The molecule has 104 valence electrons. The van der Waals surface area contributed by atoms with Gasteiger partial charge in [-0.25, -0.2) is 4.39 Å². The van der Waals surface area contributed by atoms with E-state index in [4.69, 9.17) is 0 Å². The molecule has 0 unspecified atom stereocenters. The zero-order valence-electron chi connectivity index (χ0n) is 11.3. The normalized spacial score (nSPS) is 10.6. The number of carbonyl (C=O) groups excluding carboxylic acids is 1. The number of anilines is 1. The summed E-state index contributed by atoms with van der Waals surface area (Å²) >= 11 is 0. The molecule has 0 aliphatic carbocycles. The second-order valence-electron chi connectivity index (χ2n) is 4.66. The third-order valence-electron chi connectivity index (χ3n) is 3.08. The fraction of sp³-hybridized carbons (Fsp3) is 0.0625. The number of hydrogen-bond donors (Lipinski definition) is 1. The van der Waals surface area contributed by atoms with E-state index < -0.39 is 5.82 Å². The van der Waals surface area contributed by atoms with Crippen LogP contribution < -0.4 is 5.32 Å². The average molecular weight is 281 g/mol. The van der Waals surface area contributed by atoms with Gasteiger partial charge in [-0.1, -0.05) is 0 Å². The molecule has 0 spiro atoms. The van der Waals surface area contributed by atoms with E-state index in [1.54, 1.807) is 43.6 Å². The number of aryl methyl sites for hydroxylation is 1. The van der Waals surface area contributed by atoms with Gasteiger partial charge >= 0.3 is 0 Å². The van der Waals surface area contributed by atoms with Gasteiger partial charge in [-0.05, 0) is 43.3 Å². The fourth-order valence-corrected chi connectivity index (χ4v) is 2.15. The van der Waals surface area contributed by atoms with Crippen molar-refractivity contribution in [2.24, 2.45) is 0 Å². The maximum Gasteiger partial charge on any atom is 0.256 e. The molecule has 0 saturated heterocycles. The fourth-order valence-electron chi connectivity index (χ4n) is 2.15. The van der Waals surface area contributed by atoms with Crippen molar-refractivity contribution in [1.82, 2.24) is 9.97 Å². The summed E-state index contributed by atoms with van der Waals surface area (Å²) in [6, 6.07) is 9.26. The van der Waals surface area contributed by atoms with Gasteiger partial charge in [-0.3, -0.25) is 14.8 Å². The van der Waals surface area contributed by atoms with Crippen molar-refractivity contribution < 1.29 is 9.18 Å². The monoisotopic (exact) mass is 281 g/mol. The molecule has 3 rings (SSSR count). The number of nitrogens with zero attached hydrogens (tertiary/aromatic N) is 2. The first-order valence-corrected chi connectivity index (χ1v) is 6.42. The van der Waals surface area contributed by atoms with Gasteiger partial charge in [0.05, 0.1) is 11.1 Å². The number of amides is 1. The lowest BCUT2D eigenvalue weighted by atomic mass is 10.1. The highest BCUT2D eigenvalue weighted by molar-refractivity contribution is 6.12. The number of fused-ring (bicyclic) bond motifs is 1. The summed E-state index contributed by atoms with van der Waals surface area (Å²) in [4.78, 5) is 20.6. The molecule has 0 aliphatic rings. The molecule has 0 radical (unpaired) electrons. The number of halogens is 1. The molecule has 0 fully saturated rings. The molecule has 1 aromatic carbocycles. The lowest BCUT2D eigenvalue weighted by molar-refractivity contribution is 0.102. The van der Waals surface area contributed by atoms with E-state index in [1.807, 2.05) is 0 Å². The Kier molecular flexibility index (Phi) is 3.31. The number of hydrogen-bond acceptors (Lipinski definition) is 3. The Labute approximate surface area is 120 Å².